The van der Waals surface area contributed by atoms with Gasteiger partial charge in [-0.25, -0.2) is 0 Å². The van der Waals surface area contributed by atoms with Crippen LogP contribution in [0.15, 0.2) is 36.8 Å². The maximum absolute atomic E-state index is 13.7. The van der Waals surface area contributed by atoms with Gasteiger partial charge in [0.25, 0.3) is 5.91 Å². The number of nitrogens with zero attached hydrogens (tertiary/aromatic N) is 4. The zero-order valence-electron chi connectivity index (χ0n) is 21.6. The monoisotopic (exact) mass is 493 g/mol. The molecule has 2 aliphatic heterocycles. The largest absolute Gasteiger partial charge is 0.381 e. The molecule has 0 radical (unpaired) electrons. The Morgan fingerprint density at radius 1 is 1.17 bits per heavy atom. The maximum Gasteiger partial charge on any atom is 0.250 e. The zero-order valence-corrected chi connectivity index (χ0v) is 21.6. The molecule has 0 aliphatic carbocycles. The van der Waals surface area contributed by atoms with Crippen LogP contribution >= 0.6 is 0 Å². The van der Waals surface area contributed by atoms with Crippen LogP contribution in [0.2, 0.25) is 0 Å². The van der Waals surface area contributed by atoms with Gasteiger partial charge < -0.3 is 20.3 Å². The highest BCUT2D eigenvalue weighted by Crippen LogP contribution is 2.27. The number of carbonyl (C=O) groups excluding carboxylic acids is 2. The maximum atomic E-state index is 13.7. The van der Waals surface area contributed by atoms with E-state index < -0.39 is 5.91 Å². The van der Waals surface area contributed by atoms with E-state index >= 15 is 0 Å². The van der Waals surface area contributed by atoms with E-state index in [1.165, 1.54) is 5.56 Å². The van der Waals surface area contributed by atoms with Crippen LogP contribution in [0.5, 0.6) is 0 Å². The van der Waals surface area contributed by atoms with Gasteiger partial charge in [0, 0.05) is 69.4 Å². The van der Waals surface area contributed by atoms with Crippen LogP contribution in [0.3, 0.4) is 0 Å². The van der Waals surface area contributed by atoms with Gasteiger partial charge in [0.05, 0.1) is 11.3 Å². The van der Waals surface area contributed by atoms with Crippen LogP contribution in [0.1, 0.15) is 66.2 Å². The minimum atomic E-state index is -0.426. The van der Waals surface area contributed by atoms with Crippen molar-refractivity contribution in [2.45, 2.75) is 71.0 Å². The van der Waals surface area contributed by atoms with Crippen LogP contribution in [0, 0.1) is 12.8 Å². The van der Waals surface area contributed by atoms with Gasteiger partial charge in [-0.2, -0.15) is 0 Å². The number of hydrogen-bond donors (Lipinski definition) is 1. The van der Waals surface area contributed by atoms with Crippen molar-refractivity contribution in [3.63, 3.8) is 0 Å². The number of amides is 2. The molecule has 2 aromatic heterocycles. The summed E-state index contributed by atoms with van der Waals surface area (Å²) in [5.41, 5.74) is 9.09. The van der Waals surface area contributed by atoms with Crippen molar-refractivity contribution in [1.82, 2.24) is 19.8 Å². The number of aromatic nitrogens is 2. The Kier molecular flexibility index (Phi) is 9.04. The number of nitrogens with two attached hydrogens (primary N) is 1. The number of ether oxygens (including phenoxy) is 1. The number of rotatable bonds is 9. The van der Waals surface area contributed by atoms with Crippen molar-refractivity contribution in [1.29, 1.82) is 0 Å². The van der Waals surface area contributed by atoms with Crippen molar-refractivity contribution < 1.29 is 14.3 Å². The predicted octanol–water partition coefficient (Wildman–Crippen LogP) is 3.12. The van der Waals surface area contributed by atoms with E-state index in [1.54, 1.807) is 24.5 Å². The van der Waals surface area contributed by atoms with Crippen molar-refractivity contribution >= 4 is 11.8 Å². The number of primary amides is 1. The van der Waals surface area contributed by atoms with E-state index in [0.29, 0.717) is 31.4 Å². The second-order valence-electron chi connectivity index (χ2n) is 10.2. The second kappa shape index (κ2) is 12.4. The van der Waals surface area contributed by atoms with Crippen LogP contribution in [0.4, 0.5) is 0 Å². The van der Waals surface area contributed by atoms with Gasteiger partial charge in [0.2, 0.25) is 5.91 Å². The number of carbonyl (C=O) groups is 2. The van der Waals surface area contributed by atoms with Crippen molar-refractivity contribution in [3.05, 3.63) is 59.2 Å². The topological polar surface area (TPSA) is 102 Å². The fourth-order valence-electron chi connectivity index (χ4n) is 5.44. The summed E-state index contributed by atoms with van der Waals surface area (Å²) in [6.45, 7) is 8.16. The standard InChI is InChI=1S/C28H39N5O3/c1-20-7-13-30-18-23(20)19-33(28(35)22-10-16-36-17-11-22)24-8-14-32(15-9-24)21(2)5-6-26-25(27(29)34)4-3-12-31-26/h3-4,7,12-13,18,21-22,24H,5-6,8-11,14-17,19H2,1-2H3,(H2,29,34)/t21-/m1/s1. The lowest BCUT2D eigenvalue weighted by atomic mass is 9.94. The number of likely N-dealkylation sites (tertiary alicyclic amines) is 1. The molecule has 0 aromatic carbocycles. The Morgan fingerprint density at radius 2 is 1.92 bits per heavy atom. The average molecular weight is 494 g/mol. The lowest BCUT2D eigenvalue weighted by Crippen LogP contribution is -2.51. The molecule has 2 saturated heterocycles. The van der Waals surface area contributed by atoms with Gasteiger partial charge in [0.15, 0.2) is 0 Å². The number of pyridine rings is 2. The Morgan fingerprint density at radius 3 is 2.61 bits per heavy atom. The highest BCUT2D eigenvalue weighted by Gasteiger charge is 2.34. The van der Waals surface area contributed by atoms with Gasteiger partial charge in [0.1, 0.15) is 0 Å². The molecule has 36 heavy (non-hydrogen) atoms. The number of hydrogen-bond acceptors (Lipinski definition) is 6. The lowest BCUT2D eigenvalue weighted by Gasteiger charge is -2.42. The summed E-state index contributed by atoms with van der Waals surface area (Å²) in [7, 11) is 0. The molecule has 194 valence electrons. The molecule has 2 N–H and O–H groups in total. The molecule has 0 spiro atoms. The highest BCUT2D eigenvalue weighted by atomic mass is 16.5. The molecule has 2 aliphatic rings. The molecule has 0 bridgehead atoms. The summed E-state index contributed by atoms with van der Waals surface area (Å²) in [5, 5.41) is 0. The third-order valence-electron chi connectivity index (χ3n) is 7.86. The van der Waals surface area contributed by atoms with Crippen molar-refractivity contribution in [2.24, 2.45) is 11.7 Å². The Bertz CT molecular complexity index is 1030. The van der Waals surface area contributed by atoms with E-state index in [2.05, 4.69) is 33.6 Å². The normalized spacial score (nSPS) is 18.6. The Balaban J connectivity index is 1.38. The van der Waals surface area contributed by atoms with Crippen LogP contribution in [-0.4, -0.2) is 70.0 Å². The first-order valence-corrected chi connectivity index (χ1v) is 13.2. The summed E-state index contributed by atoms with van der Waals surface area (Å²) in [5.74, 6) is -0.114. The fraction of sp³-hybridized carbons (Fsp3) is 0.571. The van der Waals surface area contributed by atoms with E-state index in [4.69, 9.17) is 10.5 Å². The highest BCUT2D eigenvalue weighted by molar-refractivity contribution is 5.93. The first-order valence-electron chi connectivity index (χ1n) is 13.2. The van der Waals surface area contributed by atoms with E-state index in [9.17, 15) is 9.59 Å². The third-order valence-corrected chi connectivity index (χ3v) is 7.86. The summed E-state index contributed by atoms with van der Waals surface area (Å²) < 4.78 is 5.51. The first kappa shape index (κ1) is 26.2. The molecule has 2 amide bonds. The molecule has 2 aromatic rings. The predicted molar refractivity (Wildman–Crippen MR) is 138 cm³/mol. The smallest absolute Gasteiger partial charge is 0.250 e. The minimum absolute atomic E-state index is 0.0468. The molecule has 2 fully saturated rings. The molecule has 0 saturated carbocycles. The molecular formula is C28H39N5O3. The lowest BCUT2D eigenvalue weighted by molar-refractivity contribution is -0.143. The summed E-state index contributed by atoms with van der Waals surface area (Å²) in [4.78, 5) is 38.7. The molecular weight excluding hydrogens is 454 g/mol. The van der Waals surface area contributed by atoms with Gasteiger partial charge in [-0.15, -0.1) is 0 Å². The van der Waals surface area contributed by atoms with Crippen LogP contribution < -0.4 is 5.73 Å². The first-order chi connectivity index (χ1) is 17.4. The molecule has 4 heterocycles. The van der Waals surface area contributed by atoms with Gasteiger partial charge in [-0.1, -0.05) is 0 Å². The Labute approximate surface area is 214 Å². The second-order valence-corrected chi connectivity index (χ2v) is 10.2. The number of piperidine rings is 1. The zero-order chi connectivity index (χ0) is 25.5. The minimum Gasteiger partial charge on any atom is -0.381 e. The molecule has 4 rings (SSSR count). The molecule has 8 heteroatoms. The Hall–Kier alpha value is -2.84. The van der Waals surface area contributed by atoms with Crippen LogP contribution in [0.25, 0.3) is 0 Å². The van der Waals surface area contributed by atoms with E-state index in [-0.39, 0.29) is 17.9 Å². The van der Waals surface area contributed by atoms with Gasteiger partial charge >= 0.3 is 0 Å². The van der Waals surface area contributed by atoms with E-state index in [0.717, 1.165) is 62.9 Å². The van der Waals surface area contributed by atoms with Gasteiger partial charge in [-0.3, -0.25) is 19.6 Å². The number of aryl methyl sites for hydroxylation is 2. The quantitative estimate of drug-likeness (QED) is 0.576. The summed E-state index contributed by atoms with van der Waals surface area (Å²) in [6, 6.07) is 6.09. The average Bonchev–Trinajstić information content (AvgIpc) is 2.91. The van der Waals surface area contributed by atoms with Crippen molar-refractivity contribution in [2.75, 3.05) is 26.3 Å². The fourth-order valence-corrected chi connectivity index (χ4v) is 5.44. The van der Waals surface area contributed by atoms with Gasteiger partial charge in [-0.05, 0) is 81.7 Å². The van der Waals surface area contributed by atoms with Crippen LogP contribution in [-0.2, 0) is 22.5 Å². The van der Waals surface area contributed by atoms with E-state index in [1.807, 2.05) is 12.3 Å². The third kappa shape index (κ3) is 6.48. The molecule has 8 nitrogen and oxygen atoms in total. The molecule has 1 atom stereocenters. The molecule has 0 unspecified atom stereocenters. The SMILES string of the molecule is Cc1ccncc1CN(C(=O)C1CCOCC1)C1CCN([C@H](C)CCc2ncccc2C(N)=O)CC1. The summed E-state index contributed by atoms with van der Waals surface area (Å²) in [6.07, 6.45) is 10.6. The summed E-state index contributed by atoms with van der Waals surface area (Å²) >= 11 is 0. The van der Waals surface area contributed by atoms with Crippen molar-refractivity contribution in [3.8, 4) is 0 Å².